The summed E-state index contributed by atoms with van der Waals surface area (Å²) in [5.74, 6) is 1.64. The molecule has 0 spiro atoms. The fourth-order valence-corrected chi connectivity index (χ4v) is 4.23. The molecule has 2 heterocycles. The molecule has 1 aromatic heterocycles. The van der Waals surface area contributed by atoms with Gasteiger partial charge in [-0.3, -0.25) is 4.90 Å². The lowest BCUT2D eigenvalue weighted by Gasteiger charge is -2.34. The van der Waals surface area contributed by atoms with Crippen LogP contribution in [0.4, 0.5) is 0 Å². The Morgan fingerprint density at radius 1 is 1.23 bits per heavy atom. The maximum Gasteiger partial charge on any atom is 0.175 e. The highest BCUT2D eigenvalue weighted by atomic mass is 32.2. The van der Waals surface area contributed by atoms with Gasteiger partial charge in [-0.2, -0.15) is 0 Å². The SMILES string of the molecule is COc1cccc(-c2cnc([C@@H]3COCCN3Cc3ccc(S(C)(=O)=O)cc3)[nH]2)c1. The van der Waals surface area contributed by atoms with Crippen LogP contribution in [0.2, 0.25) is 0 Å². The van der Waals surface area contributed by atoms with Gasteiger partial charge < -0.3 is 14.5 Å². The second kappa shape index (κ2) is 8.59. The van der Waals surface area contributed by atoms with Crippen LogP contribution < -0.4 is 4.74 Å². The van der Waals surface area contributed by atoms with Crippen molar-refractivity contribution in [2.24, 2.45) is 0 Å². The predicted octanol–water partition coefficient (Wildman–Crippen LogP) is 3.06. The van der Waals surface area contributed by atoms with Crippen molar-refractivity contribution < 1.29 is 17.9 Å². The molecule has 1 N–H and O–H groups in total. The summed E-state index contributed by atoms with van der Waals surface area (Å²) in [6.07, 6.45) is 3.05. The summed E-state index contributed by atoms with van der Waals surface area (Å²) < 4.78 is 34.4. The number of nitrogens with zero attached hydrogens (tertiary/aromatic N) is 2. The number of sulfone groups is 1. The molecule has 0 radical (unpaired) electrons. The molecule has 8 heteroatoms. The first-order chi connectivity index (χ1) is 14.4. The Kier molecular flexibility index (Phi) is 5.90. The minimum absolute atomic E-state index is 0.00677. The molecule has 1 fully saturated rings. The minimum Gasteiger partial charge on any atom is -0.497 e. The number of methoxy groups -OCH3 is 1. The van der Waals surface area contributed by atoms with Gasteiger partial charge in [0.2, 0.25) is 0 Å². The lowest BCUT2D eigenvalue weighted by molar-refractivity contribution is -0.0156. The first kappa shape index (κ1) is 20.6. The van der Waals surface area contributed by atoms with Crippen LogP contribution in [0.3, 0.4) is 0 Å². The standard InChI is InChI=1S/C22H25N3O4S/c1-28-18-5-3-4-17(12-18)20-13-23-22(24-20)21-15-29-11-10-25(21)14-16-6-8-19(9-7-16)30(2,26)27/h3-9,12-13,21H,10-11,14-15H2,1-2H3,(H,23,24)/t21-/m0/s1. The molecule has 7 nitrogen and oxygen atoms in total. The topological polar surface area (TPSA) is 84.5 Å². The second-order valence-electron chi connectivity index (χ2n) is 7.39. The van der Waals surface area contributed by atoms with Crippen LogP contribution in [0, 0.1) is 0 Å². The molecule has 0 saturated carbocycles. The van der Waals surface area contributed by atoms with Gasteiger partial charge in [0.25, 0.3) is 0 Å². The van der Waals surface area contributed by atoms with E-state index in [0.717, 1.165) is 34.9 Å². The highest BCUT2D eigenvalue weighted by molar-refractivity contribution is 7.90. The second-order valence-corrected chi connectivity index (χ2v) is 9.41. The van der Waals surface area contributed by atoms with E-state index in [4.69, 9.17) is 9.47 Å². The van der Waals surface area contributed by atoms with E-state index in [-0.39, 0.29) is 6.04 Å². The van der Waals surface area contributed by atoms with E-state index in [0.29, 0.717) is 24.7 Å². The third-order valence-electron chi connectivity index (χ3n) is 5.27. The third kappa shape index (κ3) is 4.56. The Labute approximate surface area is 176 Å². The smallest absolute Gasteiger partial charge is 0.175 e. The van der Waals surface area contributed by atoms with Crippen molar-refractivity contribution in [3.05, 3.63) is 66.1 Å². The highest BCUT2D eigenvalue weighted by Crippen LogP contribution is 2.28. The predicted molar refractivity (Wildman–Crippen MR) is 114 cm³/mol. The van der Waals surface area contributed by atoms with Gasteiger partial charge in [-0.05, 0) is 29.8 Å². The summed E-state index contributed by atoms with van der Waals surface area (Å²) in [5.41, 5.74) is 2.98. The molecule has 1 atom stereocenters. The number of nitrogens with one attached hydrogen (secondary N) is 1. The van der Waals surface area contributed by atoms with Gasteiger partial charge in [0, 0.05) is 24.9 Å². The van der Waals surface area contributed by atoms with Gasteiger partial charge in [0.1, 0.15) is 11.6 Å². The summed E-state index contributed by atoms with van der Waals surface area (Å²) in [5, 5.41) is 0. The molecule has 0 amide bonds. The summed E-state index contributed by atoms with van der Waals surface area (Å²) in [7, 11) is -1.54. The highest BCUT2D eigenvalue weighted by Gasteiger charge is 2.27. The Balaban J connectivity index is 1.53. The maximum atomic E-state index is 11.7. The lowest BCUT2D eigenvalue weighted by atomic mass is 10.1. The average molecular weight is 428 g/mol. The normalized spacial score (nSPS) is 17.7. The van der Waals surface area contributed by atoms with Crippen molar-refractivity contribution >= 4 is 9.84 Å². The van der Waals surface area contributed by atoms with E-state index in [1.165, 1.54) is 6.26 Å². The molecule has 0 aliphatic carbocycles. The Morgan fingerprint density at radius 3 is 2.77 bits per heavy atom. The molecule has 0 unspecified atom stereocenters. The molecule has 1 aliphatic heterocycles. The molecular weight excluding hydrogens is 402 g/mol. The van der Waals surface area contributed by atoms with E-state index in [1.54, 1.807) is 19.2 Å². The van der Waals surface area contributed by atoms with Gasteiger partial charge in [0.05, 0.1) is 43.2 Å². The Hall–Kier alpha value is -2.68. The molecule has 158 valence electrons. The molecule has 2 aromatic carbocycles. The lowest BCUT2D eigenvalue weighted by Crippen LogP contribution is -2.39. The van der Waals surface area contributed by atoms with Gasteiger partial charge >= 0.3 is 0 Å². The number of morpholine rings is 1. The van der Waals surface area contributed by atoms with Crippen LogP contribution in [-0.4, -0.2) is 56.4 Å². The van der Waals surface area contributed by atoms with Crippen LogP contribution in [0.1, 0.15) is 17.4 Å². The van der Waals surface area contributed by atoms with E-state index < -0.39 is 9.84 Å². The Bertz CT molecular complexity index is 1110. The molecule has 1 aliphatic rings. The van der Waals surface area contributed by atoms with Crippen molar-refractivity contribution in [2.75, 3.05) is 33.1 Å². The monoisotopic (exact) mass is 427 g/mol. The zero-order valence-corrected chi connectivity index (χ0v) is 17.9. The van der Waals surface area contributed by atoms with E-state index >= 15 is 0 Å². The molecule has 30 heavy (non-hydrogen) atoms. The van der Waals surface area contributed by atoms with Crippen LogP contribution in [0.25, 0.3) is 11.3 Å². The average Bonchev–Trinajstić information content (AvgIpc) is 3.24. The van der Waals surface area contributed by atoms with Gasteiger partial charge in [0.15, 0.2) is 9.84 Å². The first-order valence-electron chi connectivity index (χ1n) is 9.74. The van der Waals surface area contributed by atoms with E-state index in [2.05, 4.69) is 14.9 Å². The number of hydrogen-bond acceptors (Lipinski definition) is 6. The molecule has 4 rings (SSSR count). The van der Waals surface area contributed by atoms with Crippen molar-refractivity contribution in [3.63, 3.8) is 0 Å². The van der Waals surface area contributed by atoms with Crippen LogP contribution in [0.15, 0.2) is 59.6 Å². The van der Waals surface area contributed by atoms with Crippen molar-refractivity contribution in [1.29, 1.82) is 0 Å². The fourth-order valence-electron chi connectivity index (χ4n) is 3.60. The number of H-pyrrole nitrogens is 1. The van der Waals surface area contributed by atoms with E-state index in [1.807, 2.05) is 42.6 Å². The van der Waals surface area contributed by atoms with Gasteiger partial charge in [-0.15, -0.1) is 0 Å². The number of benzene rings is 2. The Morgan fingerprint density at radius 2 is 2.03 bits per heavy atom. The summed E-state index contributed by atoms with van der Waals surface area (Å²) in [4.78, 5) is 10.7. The minimum atomic E-state index is -3.19. The zero-order valence-electron chi connectivity index (χ0n) is 17.0. The number of hydrogen-bond donors (Lipinski definition) is 1. The van der Waals surface area contributed by atoms with Crippen molar-refractivity contribution in [3.8, 4) is 17.0 Å². The van der Waals surface area contributed by atoms with Gasteiger partial charge in [-0.1, -0.05) is 24.3 Å². The van der Waals surface area contributed by atoms with Crippen LogP contribution in [0.5, 0.6) is 5.75 Å². The molecule has 0 bridgehead atoms. The third-order valence-corrected chi connectivity index (χ3v) is 6.40. The van der Waals surface area contributed by atoms with Crippen molar-refractivity contribution in [2.45, 2.75) is 17.5 Å². The number of ether oxygens (including phenoxy) is 2. The number of aromatic nitrogens is 2. The zero-order chi connectivity index (χ0) is 21.1. The largest absolute Gasteiger partial charge is 0.497 e. The quantitative estimate of drug-likeness (QED) is 0.651. The molecule has 1 saturated heterocycles. The number of imidazole rings is 1. The molecule has 3 aromatic rings. The number of aromatic amines is 1. The summed E-state index contributed by atoms with van der Waals surface area (Å²) in [6, 6.07) is 14.9. The maximum absolute atomic E-state index is 11.7. The van der Waals surface area contributed by atoms with Crippen molar-refractivity contribution in [1.82, 2.24) is 14.9 Å². The van der Waals surface area contributed by atoms with Gasteiger partial charge in [-0.25, -0.2) is 13.4 Å². The fraction of sp³-hybridized carbons (Fsp3) is 0.318. The van der Waals surface area contributed by atoms with Crippen LogP contribution in [-0.2, 0) is 21.1 Å². The van der Waals surface area contributed by atoms with E-state index in [9.17, 15) is 8.42 Å². The molecular formula is C22H25N3O4S. The number of rotatable bonds is 6. The summed E-state index contributed by atoms with van der Waals surface area (Å²) >= 11 is 0. The summed E-state index contributed by atoms with van der Waals surface area (Å²) in [6.45, 7) is 2.66. The van der Waals surface area contributed by atoms with Crippen LogP contribution >= 0.6 is 0 Å². The first-order valence-corrected chi connectivity index (χ1v) is 11.6.